The highest BCUT2D eigenvalue weighted by atomic mass is 32.2. The monoisotopic (exact) mass is 331 g/mol. The number of halogens is 3. The number of hydrogen-bond acceptors (Lipinski definition) is 4. The fourth-order valence-corrected chi connectivity index (χ4v) is 3.80. The molecule has 1 amide bonds. The second kappa shape index (κ2) is 6.08. The molecular formula is C14H16F3N3OS. The van der Waals surface area contributed by atoms with E-state index in [-0.39, 0.29) is 40.3 Å². The largest absolute Gasteiger partial charge is 0.447 e. The molecule has 2 aliphatic heterocycles. The van der Waals surface area contributed by atoms with Crippen molar-refractivity contribution < 1.29 is 18.0 Å². The Hall–Kier alpha value is -1.28. The van der Waals surface area contributed by atoms with E-state index in [9.17, 15) is 18.0 Å². The highest BCUT2D eigenvalue weighted by Crippen LogP contribution is 2.38. The third-order valence-electron chi connectivity index (χ3n) is 4.10. The van der Waals surface area contributed by atoms with Crippen molar-refractivity contribution in [2.75, 3.05) is 13.1 Å². The molecule has 0 spiro atoms. The van der Waals surface area contributed by atoms with Gasteiger partial charge in [0.15, 0.2) is 0 Å². The lowest BCUT2D eigenvalue weighted by molar-refractivity contribution is -0.0329. The fraction of sp³-hybridized carbons (Fsp3) is 0.571. The predicted molar refractivity (Wildman–Crippen MR) is 76.6 cm³/mol. The number of carbonyl (C=O) groups excluding carboxylic acids is 1. The minimum atomic E-state index is -4.46. The maximum absolute atomic E-state index is 12.8. The quantitative estimate of drug-likeness (QED) is 0.847. The number of thioether (sulfide) groups is 1. The van der Waals surface area contributed by atoms with Gasteiger partial charge in [-0.2, -0.15) is 13.2 Å². The van der Waals surface area contributed by atoms with E-state index in [1.165, 1.54) is 18.3 Å². The molecule has 2 saturated heterocycles. The number of nitrogens with one attached hydrogen (secondary N) is 1. The molecule has 3 rings (SSSR count). The van der Waals surface area contributed by atoms with Crippen LogP contribution in [0.4, 0.5) is 13.2 Å². The van der Waals surface area contributed by atoms with Gasteiger partial charge in [0.2, 0.25) is 0 Å². The maximum atomic E-state index is 12.8. The molecule has 2 atom stereocenters. The van der Waals surface area contributed by atoms with E-state index in [0.717, 1.165) is 25.8 Å². The van der Waals surface area contributed by atoms with Crippen LogP contribution < -0.4 is 5.32 Å². The van der Waals surface area contributed by atoms with Gasteiger partial charge in [-0.25, -0.2) is 4.98 Å². The number of hydrogen-bond donors (Lipinski definition) is 1. The van der Waals surface area contributed by atoms with Crippen LogP contribution in [0.3, 0.4) is 0 Å². The van der Waals surface area contributed by atoms with Crippen molar-refractivity contribution in [3.63, 3.8) is 0 Å². The van der Waals surface area contributed by atoms with Gasteiger partial charge in [-0.3, -0.25) is 4.79 Å². The van der Waals surface area contributed by atoms with Gasteiger partial charge >= 0.3 is 5.51 Å². The van der Waals surface area contributed by atoms with E-state index < -0.39 is 5.51 Å². The third kappa shape index (κ3) is 3.22. The SMILES string of the molecule is O=C(c1cccnc1SC(F)(F)F)N1C2CCNCC1CC2. The standard InChI is InChI=1S/C14H16F3N3OS/c15-14(16,17)22-12-11(2-1-6-19-12)13(21)20-9-3-4-10(20)8-18-7-5-9/h1-2,6,9-10,18H,3-5,7-8H2. The first-order chi connectivity index (χ1) is 10.5. The first kappa shape index (κ1) is 15.6. The van der Waals surface area contributed by atoms with Crippen molar-refractivity contribution >= 4 is 17.7 Å². The van der Waals surface area contributed by atoms with E-state index in [1.807, 2.05) is 0 Å². The number of aromatic nitrogens is 1. The van der Waals surface area contributed by atoms with Crippen molar-refractivity contribution in [1.82, 2.24) is 15.2 Å². The molecule has 2 fully saturated rings. The number of rotatable bonds is 2. The highest BCUT2D eigenvalue weighted by Gasteiger charge is 2.40. The maximum Gasteiger partial charge on any atom is 0.447 e. The number of carbonyl (C=O) groups is 1. The smallest absolute Gasteiger partial charge is 0.331 e. The fourth-order valence-electron chi connectivity index (χ4n) is 3.20. The number of nitrogens with zero attached hydrogens (tertiary/aromatic N) is 2. The molecule has 0 aliphatic carbocycles. The van der Waals surface area contributed by atoms with Crippen molar-refractivity contribution in [2.45, 2.75) is 41.9 Å². The van der Waals surface area contributed by atoms with Gasteiger partial charge in [0.1, 0.15) is 5.03 Å². The minimum Gasteiger partial charge on any atom is -0.331 e. The summed E-state index contributed by atoms with van der Waals surface area (Å²) in [6, 6.07) is 3.10. The molecule has 4 nitrogen and oxygen atoms in total. The number of fused-ring (bicyclic) bond motifs is 2. The average molecular weight is 331 g/mol. The molecule has 2 unspecified atom stereocenters. The van der Waals surface area contributed by atoms with Crippen LogP contribution >= 0.6 is 11.8 Å². The Bertz CT molecular complexity index is 553. The van der Waals surface area contributed by atoms with Crippen molar-refractivity contribution in [3.05, 3.63) is 23.9 Å². The second-order valence-electron chi connectivity index (χ2n) is 5.49. The van der Waals surface area contributed by atoms with Crippen LogP contribution in [0.2, 0.25) is 0 Å². The summed E-state index contributed by atoms with van der Waals surface area (Å²) in [5.41, 5.74) is -4.41. The summed E-state index contributed by atoms with van der Waals surface area (Å²) in [5.74, 6) is -0.337. The van der Waals surface area contributed by atoms with Gasteiger partial charge in [-0.15, -0.1) is 0 Å². The highest BCUT2D eigenvalue weighted by molar-refractivity contribution is 8.00. The van der Waals surface area contributed by atoms with Crippen molar-refractivity contribution in [1.29, 1.82) is 0 Å². The van der Waals surface area contributed by atoms with E-state index in [4.69, 9.17) is 0 Å². The van der Waals surface area contributed by atoms with Crippen LogP contribution in [0.15, 0.2) is 23.4 Å². The lowest BCUT2D eigenvalue weighted by Crippen LogP contribution is -2.42. The normalized spacial score (nSPS) is 25.1. The topological polar surface area (TPSA) is 45.2 Å². The van der Waals surface area contributed by atoms with Crippen molar-refractivity contribution in [3.8, 4) is 0 Å². The van der Waals surface area contributed by atoms with Gasteiger partial charge in [0.25, 0.3) is 5.91 Å². The van der Waals surface area contributed by atoms with Crippen LogP contribution in [0.5, 0.6) is 0 Å². The zero-order chi connectivity index (χ0) is 15.7. The molecule has 1 aromatic heterocycles. The summed E-state index contributed by atoms with van der Waals surface area (Å²) in [4.78, 5) is 18.3. The van der Waals surface area contributed by atoms with E-state index >= 15 is 0 Å². The summed E-state index contributed by atoms with van der Waals surface area (Å²) in [5, 5.41) is 3.01. The summed E-state index contributed by atoms with van der Waals surface area (Å²) in [7, 11) is 0. The molecule has 0 radical (unpaired) electrons. The molecule has 2 bridgehead atoms. The Kier molecular flexibility index (Phi) is 4.31. The zero-order valence-corrected chi connectivity index (χ0v) is 12.6. The van der Waals surface area contributed by atoms with E-state index in [0.29, 0.717) is 6.54 Å². The molecule has 120 valence electrons. The first-order valence-corrected chi connectivity index (χ1v) is 8.01. The molecule has 0 aromatic carbocycles. The van der Waals surface area contributed by atoms with Crippen LogP contribution in [0.25, 0.3) is 0 Å². The Morgan fingerprint density at radius 3 is 2.86 bits per heavy atom. The summed E-state index contributed by atoms with van der Waals surface area (Å²) >= 11 is -0.326. The van der Waals surface area contributed by atoms with Gasteiger partial charge in [-0.05, 0) is 37.9 Å². The van der Waals surface area contributed by atoms with Gasteiger partial charge in [0.05, 0.1) is 5.56 Å². The number of pyridine rings is 1. The zero-order valence-electron chi connectivity index (χ0n) is 11.8. The summed E-state index contributed by atoms with van der Waals surface area (Å²) in [6.07, 6.45) is 3.93. The van der Waals surface area contributed by atoms with Gasteiger partial charge < -0.3 is 10.2 Å². The molecule has 1 aromatic rings. The Balaban J connectivity index is 1.89. The summed E-state index contributed by atoms with van der Waals surface area (Å²) < 4.78 is 37.9. The Morgan fingerprint density at radius 2 is 2.09 bits per heavy atom. The molecule has 2 aliphatic rings. The van der Waals surface area contributed by atoms with Gasteiger partial charge in [-0.1, -0.05) is 0 Å². The first-order valence-electron chi connectivity index (χ1n) is 7.20. The molecular weight excluding hydrogens is 315 g/mol. The Morgan fingerprint density at radius 1 is 1.32 bits per heavy atom. The molecule has 8 heteroatoms. The predicted octanol–water partition coefficient (Wildman–Crippen LogP) is 2.66. The number of amides is 1. The third-order valence-corrected chi connectivity index (χ3v) is 4.85. The average Bonchev–Trinajstić information content (AvgIpc) is 2.70. The van der Waals surface area contributed by atoms with Gasteiger partial charge in [0, 0.05) is 36.6 Å². The molecule has 3 heterocycles. The van der Waals surface area contributed by atoms with Crippen LogP contribution in [-0.2, 0) is 0 Å². The van der Waals surface area contributed by atoms with Crippen LogP contribution in [0, 0.1) is 0 Å². The number of alkyl halides is 3. The van der Waals surface area contributed by atoms with Crippen LogP contribution in [0.1, 0.15) is 29.6 Å². The van der Waals surface area contributed by atoms with Crippen molar-refractivity contribution in [2.24, 2.45) is 0 Å². The van der Waals surface area contributed by atoms with E-state index in [2.05, 4.69) is 10.3 Å². The minimum absolute atomic E-state index is 0.0450. The Labute approximate surface area is 130 Å². The lowest BCUT2D eigenvalue weighted by Gasteiger charge is -2.28. The van der Waals surface area contributed by atoms with Crippen LogP contribution in [-0.4, -0.2) is 46.5 Å². The van der Waals surface area contributed by atoms with E-state index in [1.54, 1.807) is 4.90 Å². The molecule has 22 heavy (non-hydrogen) atoms. The summed E-state index contributed by atoms with van der Waals surface area (Å²) in [6.45, 7) is 1.53. The lowest BCUT2D eigenvalue weighted by atomic mass is 10.1. The molecule has 1 N–H and O–H groups in total. The second-order valence-corrected chi connectivity index (χ2v) is 6.55. The molecule has 0 saturated carbocycles.